The van der Waals surface area contributed by atoms with Gasteiger partial charge in [-0.1, -0.05) is 80.6 Å². The number of amides is 1. The van der Waals surface area contributed by atoms with E-state index < -0.39 is 107 Å². The third kappa shape index (κ3) is 7.48. The molecular formula is C47H53NO13. The Morgan fingerprint density at radius 3 is 2.02 bits per heavy atom. The molecule has 2 bridgehead atoms. The first-order valence-electron chi connectivity index (χ1n) is 20.5. The van der Waals surface area contributed by atoms with Gasteiger partial charge in [0.25, 0.3) is 5.91 Å². The number of hydrogen-bond donors (Lipinski definition) is 4. The summed E-state index contributed by atoms with van der Waals surface area (Å²) in [6.45, 7) is 8.07. The van der Waals surface area contributed by atoms with E-state index in [0.717, 1.165) is 6.92 Å². The summed E-state index contributed by atoms with van der Waals surface area (Å²) in [5.41, 5.74) is -5.81. The van der Waals surface area contributed by atoms with Gasteiger partial charge in [0.1, 0.15) is 23.9 Å². The first-order valence-corrected chi connectivity index (χ1v) is 20.5. The molecule has 1 aliphatic heterocycles. The molecule has 3 aromatic rings. The van der Waals surface area contributed by atoms with Crippen LogP contribution in [-0.4, -0.2) is 106 Å². The summed E-state index contributed by atoms with van der Waals surface area (Å²) in [6.07, 6.45) is -8.83. The van der Waals surface area contributed by atoms with Gasteiger partial charge in [-0.25, -0.2) is 4.79 Å². The van der Waals surface area contributed by atoms with E-state index in [1.165, 1.54) is 26.0 Å². The number of nitrogens with one attached hydrogen (secondary N) is 1. The molecule has 3 aliphatic carbocycles. The van der Waals surface area contributed by atoms with Crippen LogP contribution in [0.1, 0.15) is 86.7 Å². The number of benzene rings is 3. The van der Waals surface area contributed by atoms with Crippen molar-refractivity contribution in [1.29, 1.82) is 0 Å². The van der Waals surface area contributed by atoms with Crippen LogP contribution < -0.4 is 5.32 Å². The van der Waals surface area contributed by atoms with E-state index in [9.17, 15) is 34.5 Å². The van der Waals surface area contributed by atoms with Crippen LogP contribution in [0.4, 0.5) is 0 Å². The van der Waals surface area contributed by atoms with Crippen LogP contribution in [0.5, 0.6) is 0 Å². The molecule has 4 N–H and O–H groups in total. The molecule has 14 heteroatoms. The van der Waals surface area contributed by atoms with Crippen molar-refractivity contribution < 1.29 is 63.0 Å². The third-order valence-corrected chi connectivity index (χ3v) is 13.5. The van der Waals surface area contributed by atoms with Gasteiger partial charge in [0, 0.05) is 37.7 Å². The number of Topliss-reactive ketones (excluding diaryl/α,β-unsaturated/α-hetero) is 1. The van der Waals surface area contributed by atoms with Gasteiger partial charge in [0.15, 0.2) is 17.5 Å². The van der Waals surface area contributed by atoms with Gasteiger partial charge in [-0.3, -0.25) is 19.2 Å². The second-order valence-corrected chi connectivity index (χ2v) is 17.4. The van der Waals surface area contributed by atoms with Gasteiger partial charge in [0.05, 0.1) is 48.4 Å². The van der Waals surface area contributed by atoms with E-state index in [1.54, 1.807) is 99.6 Å². The molecule has 324 valence electrons. The van der Waals surface area contributed by atoms with Crippen molar-refractivity contribution in [2.45, 2.75) is 108 Å². The van der Waals surface area contributed by atoms with Gasteiger partial charge >= 0.3 is 17.9 Å². The Balaban J connectivity index is 1.36. The fraction of sp³-hybridized carbons (Fsp3) is 0.468. The molecule has 3 fully saturated rings. The van der Waals surface area contributed by atoms with Crippen LogP contribution in [0.2, 0.25) is 0 Å². The van der Waals surface area contributed by atoms with Crippen molar-refractivity contribution in [2.75, 3.05) is 13.2 Å². The summed E-state index contributed by atoms with van der Waals surface area (Å²) in [5.74, 6) is -5.09. The Hall–Kier alpha value is -5.25. The smallest absolute Gasteiger partial charge is 0.338 e. The van der Waals surface area contributed by atoms with Gasteiger partial charge in [-0.2, -0.15) is 0 Å². The zero-order valence-corrected chi connectivity index (χ0v) is 35.0. The standard InChI is InChI=1S/C47H53NO13/c1-26-33(57-24-32(51)37(29-16-10-7-11-17-29)48-42(54)30-18-12-8-13-19-30)23-47(56)41(60-43(55)31-20-14-9-15-21-31)39-45(6,34(52)22-35-46(39,25-58-35)61-28(3)50)40(53)38(59-27(2)49)36(26)44(47,4)5/h7-21,32-35,37-39,41,51-52,56H,22-25H2,1-6H3,(H,48,54)/t32-,33-,34-,35+,37-,38+,39?,41-,45+,46-,47+/m0/s1. The summed E-state index contributed by atoms with van der Waals surface area (Å²) in [4.78, 5) is 69.1. The Morgan fingerprint density at radius 2 is 1.46 bits per heavy atom. The molecule has 11 atom stereocenters. The number of carbonyl (C=O) groups is 5. The minimum atomic E-state index is -2.22. The van der Waals surface area contributed by atoms with Crippen LogP contribution in [-0.2, 0) is 38.1 Å². The Kier molecular flexibility index (Phi) is 11.9. The second kappa shape index (κ2) is 16.6. The van der Waals surface area contributed by atoms with Crippen LogP contribution in [0.25, 0.3) is 0 Å². The summed E-state index contributed by atoms with van der Waals surface area (Å²) < 4.78 is 30.9. The van der Waals surface area contributed by atoms with Crippen LogP contribution in [0.15, 0.2) is 102 Å². The Labute approximate surface area is 354 Å². The lowest BCUT2D eigenvalue weighted by Crippen LogP contribution is -2.82. The number of esters is 3. The zero-order valence-electron chi connectivity index (χ0n) is 35.0. The van der Waals surface area contributed by atoms with Crippen molar-refractivity contribution in [3.05, 3.63) is 119 Å². The van der Waals surface area contributed by atoms with Gasteiger partial charge < -0.3 is 44.3 Å². The van der Waals surface area contributed by atoms with Crippen molar-refractivity contribution in [1.82, 2.24) is 5.32 Å². The fourth-order valence-electron chi connectivity index (χ4n) is 10.3. The number of fused-ring (bicyclic) bond motifs is 5. The van der Waals surface area contributed by atoms with Gasteiger partial charge in [-0.05, 0) is 54.8 Å². The number of aliphatic hydroxyl groups excluding tert-OH is 2. The quantitative estimate of drug-likeness (QED) is 0.122. The molecule has 0 spiro atoms. The lowest BCUT2D eigenvalue weighted by Gasteiger charge is -2.67. The maximum Gasteiger partial charge on any atom is 0.338 e. The molecule has 1 heterocycles. The highest BCUT2D eigenvalue weighted by molar-refractivity contribution is 5.96. The highest BCUT2D eigenvalue weighted by Crippen LogP contribution is 2.64. The predicted molar refractivity (Wildman–Crippen MR) is 218 cm³/mol. The first kappa shape index (κ1) is 43.8. The van der Waals surface area contributed by atoms with Crippen LogP contribution in [0, 0.1) is 16.7 Å². The van der Waals surface area contributed by atoms with E-state index in [0.29, 0.717) is 16.7 Å². The second-order valence-electron chi connectivity index (χ2n) is 17.4. The molecule has 4 aliphatic rings. The molecule has 61 heavy (non-hydrogen) atoms. The average Bonchev–Trinajstić information content (AvgIpc) is 3.23. The van der Waals surface area contributed by atoms with Crippen LogP contribution in [0.3, 0.4) is 0 Å². The molecule has 14 nitrogen and oxygen atoms in total. The van der Waals surface area contributed by atoms with E-state index in [4.69, 9.17) is 23.7 Å². The maximum absolute atomic E-state index is 15.5. The molecule has 1 unspecified atom stereocenters. The van der Waals surface area contributed by atoms with E-state index in [1.807, 2.05) is 0 Å². The summed E-state index contributed by atoms with van der Waals surface area (Å²) in [6, 6.07) is 24.4. The number of carbonyl (C=O) groups excluding carboxylic acids is 5. The number of hydrogen-bond acceptors (Lipinski definition) is 13. The Bertz CT molecular complexity index is 2190. The van der Waals surface area contributed by atoms with Crippen LogP contribution >= 0.6 is 0 Å². The van der Waals surface area contributed by atoms with E-state index in [-0.39, 0.29) is 30.6 Å². The number of ether oxygens (including phenoxy) is 5. The normalized spacial score (nSPS) is 32.3. The minimum Gasteiger partial charge on any atom is -0.455 e. The molecular weight excluding hydrogens is 787 g/mol. The maximum atomic E-state index is 15.5. The Morgan fingerprint density at radius 1 is 0.869 bits per heavy atom. The highest BCUT2D eigenvalue weighted by Gasteiger charge is 2.78. The van der Waals surface area contributed by atoms with Crippen molar-refractivity contribution in [2.24, 2.45) is 16.7 Å². The van der Waals surface area contributed by atoms with Crippen molar-refractivity contribution in [3.63, 3.8) is 0 Å². The fourth-order valence-corrected chi connectivity index (χ4v) is 10.3. The number of ketones is 1. The largest absolute Gasteiger partial charge is 0.455 e. The first-order chi connectivity index (χ1) is 28.9. The highest BCUT2D eigenvalue weighted by atomic mass is 16.6. The molecule has 0 aromatic heterocycles. The summed E-state index contributed by atoms with van der Waals surface area (Å²) >= 11 is 0. The van der Waals surface area contributed by atoms with Gasteiger partial charge in [-0.15, -0.1) is 0 Å². The van der Waals surface area contributed by atoms with E-state index in [2.05, 4.69) is 5.32 Å². The van der Waals surface area contributed by atoms with Gasteiger partial charge in [0.2, 0.25) is 0 Å². The molecule has 1 saturated heterocycles. The lowest BCUT2D eigenvalue weighted by molar-refractivity contribution is -0.346. The molecule has 2 saturated carbocycles. The molecule has 7 rings (SSSR count). The van der Waals surface area contributed by atoms with Crippen molar-refractivity contribution >= 4 is 29.6 Å². The average molecular weight is 840 g/mol. The molecule has 1 amide bonds. The molecule has 3 aromatic carbocycles. The van der Waals surface area contributed by atoms with E-state index >= 15 is 4.79 Å². The number of aliphatic hydroxyl groups is 3. The SMILES string of the molecule is CC(=O)O[C@H]1C(=O)[C@@]2(C)C([C@H](OC(=O)c3ccccc3)[C@]3(O)C[C@H](OC[C@H](O)[C@@H](NC(=O)c4ccccc4)c4ccccc4)C(C)=C1C3(C)C)[C@]1(OC(C)=O)CO[C@@H]1C[C@@H]2O. The van der Waals surface area contributed by atoms with Crippen molar-refractivity contribution in [3.8, 4) is 0 Å². The monoisotopic (exact) mass is 839 g/mol. The molecule has 0 radical (unpaired) electrons. The lowest BCUT2D eigenvalue weighted by atomic mass is 9.44. The summed E-state index contributed by atoms with van der Waals surface area (Å²) in [5, 5.41) is 40.5. The topological polar surface area (TPSA) is 204 Å². The predicted octanol–water partition coefficient (Wildman–Crippen LogP) is 4.21. The zero-order chi connectivity index (χ0) is 44.1. The summed E-state index contributed by atoms with van der Waals surface area (Å²) in [7, 11) is 0. The third-order valence-electron chi connectivity index (χ3n) is 13.5. The number of rotatable bonds is 11. The minimum absolute atomic E-state index is 0.124.